The number of rotatable bonds is 6. The lowest BCUT2D eigenvalue weighted by atomic mass is 10.2. The number of nitrogens with zero attached hydrogens (tertiary/aromatic N) is 1. The summed E-state index contributed by atoms with van der Waals surface area (Å²) in [5.41, 5.74) is 2.18. The van der Waals surface area contributed by atoms with Gasteiger partial charge in [-0.1, -0.05) is 12.1 Å². The van der Waals surface area contributed by atoms with Gasteiger partial charge in [0, 0.05) is 25.3 Å². The Kier molecular flexibility index (Phi) is 5.57. The number of amides is 1. The maximum Gasteiger partial charge on any atom is 0.268 e. The van der Waals surface area contributed by atoms with Gasteiger partial charge in [0.05, 0.1) is 7.11 Å². The monoisotopic (exact) mass is 391 g/mol. The summed E-state index contributed by atoms with van der Waals surface area (Å²) >= 11 is 0. The Morgan fingerprint density at radius 2 is 1.81 bits per heavy atom. The van der Waals surface area contributed by atoms with Crippen LogP contribution in [-0.2, 0) is 16.6 Å². The van der Waals surface area contributed by atoms with Gasteiger partial charge in [-0.2, -0.15) is 4.31 Å². The van der Waals surface area contributed by atoms with E-state index in [0.29, 0.717) is 36.6 Å². The Labute approximate surface area is 159 Å². The SMILES string of the molecule is COc1ccc(CNC(=O)c2[nH]c(C)c(S(=O)(=O)N3CCCC3)c2C)cc1. The molecular formula is C19H25N3O4S. The fourth-order valence-corrected chi connectivity index (χ4v) is 5.34. The van der Waals surface area contributed by atoms with Gasteiger partial charge in [0.1, 0.15) is 16.3 Å². The molecule has 0 atom stereocenters. The molecule has 7 nitrogen and oxygen atoms in total. The van der Waals surface area contributed by atoms with E-state index in [1.54, 1.807) is 21.0 Å². The van der Waals surface area contributed by atoms with E-state index < -0.39 is 10.0 Å². The van der Waals surface area contributed by atoms with E-state index in [1.807, 2.05) is 24.3 Å². The number of nitrogens with one attached hydrogen (secondary N) is 2. The number of ether oxygens (including phenoxy) is 1. The lowest BCUT2D eigenvalue weighted by Gasteiger charge is -2.16. The third-order valence-electron chi connectivity index (χ3n) is 4.87. The number of H-pyrrole nitrogens is 1. The van der Waals surface area contributed by atoms with Crippen LogP contribution in [0.15, 0.2) is 29.2 Å². The first-order valence-corrected chi connectivity index (χ1v) is 10.4. The minimum atomic E-state index is -3.58. The van der Waals surface area contributed by atoms with Crippen LogP contribution in [0.1, 0.15) is 40.2 Å². The average Bonchev–Trinajstić information content (AvgIpc) is 3.29. The van der Waals surface area contributed by atoms with Crippen LogP contribution in [0, 0.1) is 13.8 Å². The van der Waals surface area contributed by atoms with E-state index in [4.69, 9.17) is 4.74 Å². The van der Waals surface area contributed by atoms with Crippen molar-refractivity contribution in [2.75, 3.05) is 20.2 Å². The number of sulfonamides is 1. The van der Waals surface area contributed by atoms with Crippen LogP contribution < -0.4 is 10.1 Å². The summed E-state index contributed by atoms with van der Waals surface area (Å²) < 4.78 is 32.4. The van der Waals surface area contributed by atoms with Crippen LogP contribution in [0.2, 0.25) is 0 Å². The molecule has 146 valence electrons. The third kappa shape index (κ3) is 3.86. The van der Waals surface area contributed by atoms with Crippen molar-refractivity contribution < 1.29 is 17.9 Å². The second-order valence-corrected chi connectivity index (χ2v) is 8.60. The summed E-state index contributed by atoms with van der Waals surface area (Å²) in [4.78, 5) is 15.8. The summed E-state index contributed by atoms with van der Waals surface area (Å²) in [6.07, 6.45) is 1.74. The van der Waals surface area contributed by atoms with E-state index in [2.05, 4.69) is 10.3 Å². The molecule has 2 heterocycles. The molecule has 1 fully saturated rings. The number of carbonyl (C=O) groups excluding carboxylic acids is 1. The molecule has 8 heteroatoms. The Balaban J connectivity index is 1.77. The Morgan fingerprint density at radius 3 is 2.41 bits per heavy atom. The molecule has 1 saturated heterocycles. The van der Waals surface area contributed by atoms with Gasteiger partial charge in [0.25, 0.3) is 5.91 Å². The summed E-state index contributed by atoms with van der Waals surface area (Å²) in [6, 6.07) is 7.39. The number of aromatic nitrogens is 1. The number of aryl methyl sites for hydroxylation is 1. The second kappa shape index (κ2) is 7.74. The molecule has 0 bridgehead atoms. The van der Waals surface area contributed by atoms with Crippen LogP contribution >= 0.6 is 0 Å². The molecule has 1 aliphatic heterocycles. The highest BCUT2D eigenvalue weighted by Gasteiger charge is 2.33. The second-order valence-electron chi connectivity index (χ2n) is 6.72. The molecule has 0 saturated carbocycles. The summed E-state index contributed by atoms with van der Waals surface area (Å²) in [5, 5.41) is 2.84. The molecule has 1 aromatic carbocycles. The van der Waals surface area contributed by atoms with Gasteiger partial charge in [-0.05, 0) is 49.9 Å². The van der Waals surface area contributed by atoms with Crippen molar-refractivity contribution in [2.24, 2.45) is 0 Å². The first-order valence-electron chi connectivity index (χ1n) is 8.95. The zero-order valence-electron chi connectivity index (χ0n) is 15.8. The maximum atomic E-state index is 12.9. The first kappa shape index (κ1) is 19.4. The summed E-state index contributed by atoms with van der Waals surface area (Å²) in [7, 11) is -1.98. The summed E-state index contributed by atoms with van der Waals surface area (Å²) in [6.45, 7) is 4.77. The molecule has 1 aromatic heterocycles. The molecule has 0 aliphatic carbocycles. The van der Waals surface area contributed by atoms with Crippen molar-refractivity contribution >= 4 is 15.9 Å². The number of methoxy groups -OCH3 is 1. The van der Waals surface area contributed by atoms with E-state index >= 15 is 0 Å². The number of carbonyl (C=O) groups is 1. The molecule has 3 rings (SSSR count). The Hall–Kier alpha value is -2.32. The normalized spacial score (nSPS) is 15.1. The molecule has 2 aromatic rings. The molecule has 1 aliphatic rings. The van der Waals surface area contributed by atoms with Crippen LogP contribution in [0.3, 0.4) is 0 Å². The Morgan fingerprint density at radius 1 is 1.19 bits per heavy atom. The summed E-state index contributed by atoms with van der Waals surface area (Å²) in [5.74, 6) is 0.423. The predicted octanol–water partition coefficient (Wildman–Crippen LogP) is 2.35. The number of hydrogen-bond acceptors (Lipinski definition) is 4. The molecule has 27 heavy (non-hydrogen) atoms. The average molecular weight is 391 g/mol. The van der Waals surface area contributed by atoms with Crippen molar-refractivity contribution in [2.45, 2.75) is 38.1 Å². The first-order chi connectivity index (χ1) is 12.8. The van der Waals surface area contributed by atoms with Crippen molar-refractivity contribution in [3.05, 3.63) is 46.8 Å². The lowest BCUT2D eigenvalue weighted by Crippen LogP contribution is -2.29. The zero-order chi connectivity index (χ0) is 19.6. The molecule has 0 radical (unpaired) electrons. The highest BCUT2D eigenvalue weighted by Crippen LogP contribution is 2.28. The molecular weight excluding hydrogens is 366 g/mol. The van der Waals surface area contributed by atoms with E-state index in [-0.39, 0.29) is 10.8 Å². The fourth-order valence-electron chi connectivity index (χ4n) is 3.42. The lowest BCUT2D eigenvalue weighted by molar-refractivity contribution is 0.0945. The molecule has 0 spiro atoms. The fraction of sp³-hybridized carbons (Fsp3) is 0.421. The van der Waals surface area contributed by atoms with Crippen molar-refractivity contribution in [3.63, 3.8) is 0 Å². The van der Waals surface area contributed by atoms with Crippen molar-refractivity contribution in [3.8, 4) is 5.75 Å². The van der Waals surface area contributed by atoms with Crippen LogP contribution in [0.25, 0.3) is 0 Å². The molecule has 0 unspecified atom stereocenters. The Bertz CT molecular complexity index is 927. The van der Waals surface area contributed by atoms with Gasteiger partial charge in [-0.3, -0.25) is 4.79 Å². The van der Waals surface area contributed by atoms with Crippen LogP contribution in [0.5, 0.6) is 5.75 Å². The highest BCUT2D eigenvalue weighted by molar-refractivity contribution is 7.89. The molecule has 2 N–H and O–H groups in total. The minimum absolute atomic E-state index is 0.221. The number of aromatic amines is 1. The maximum absolute atomic E-state index is 12.9. The minimum Gasteiger partial charge on any atom is -0.497 e. The predicted molar refractivity (Wildman–Crippen MR) is 102 cm³/mol. The standard InChI is InChI=1S/C19H25N3O4S/c1-13-17(19(23)20-12-15-6-8-16(26-3)9-7-15)21-14(2)18(13)27(24,25)22-10-4-5-11-22/h6-9,21H,4-5,10-12H2,1-3H3,(H,20,23). The van der Waals surface area contributed by atoms with E-state index in [1.165, 1.54) is 4.31 Å². The van der Waals surface area contributed by atoms with E-state index in [0.717, 1.165) is 24.2 Å². The van der Waals surface area contributed by atoms with E-state index in [9.17, 15) is 13.2 Å². The van der Waals surface area contributed by atoms with Gasteiger partial charge in [-0.15, -0.1) is 0 Å². The smallest absolute Gasteiger partial charge is 0.268 e. The third-order valence-corrected chi connectivity index (χ3v) is 7.04. The number of benzene rings is 1. The van der Waals surface area contributed by atoms with Crippen LogP contribution in [0.4, 0.5) is 0 Å². The molecule has 1 amide bonds. The van der Waals surface area contributed by atoms with Gasteiger partial charge >= 0.3 is 0 Å². The van der Waals surface area contributed by atoms with Crippen molar-refractivity contribution in [1.82, 2.24) is 14.6 Å². The van der Waals surface area contributed by atoms with Gasteiger partial charge in [0.2, 0.25) is 10.0 Å². The van der Waals surface area contributed by atoms with Gasteiger partial charge < -0.3 is 15.0 Å². The zero-order valence-corrected chi connectivity index (χ0v) is 16.6. The number of hydrogen-bond donors (Lipinski definition) is 2. The van der Waals surface area contributed by atoms with Crippen LogP contribution in [-0.4, -0.2) is 43.8 Å². The highest BCUT2D eigenvalue weighted by atomic mass is 32.2. The largest absolute Gasteiger partial charge is 0.497 e. The van der Waals surface area contributed by atoms with Gasteiger partial charge in [-0.25, -0.2) is 8.42 Å². The quantitative estimate of drug-likeness (QED) is 0.791. The van der Waals surface area contributed by atoms with Crippen molar-refractivity contribution in [1.29, 1.82) is 0 Å². The topological polar surface area (TPSA) is 91.5 Å². The van der Waals surface area contributed by atoms with Gasteiger partial charge in [0.15, 0.2) is 0 Å².